The highest BCUT2D eigenvalue weighted by molar-refractivity contribution is 6.05. The second kappa shape index (κ2) is 14.5. The second-order valence-corrected chi connectivity index (χ2v) is 13.8. The van der Waals surface area contributed by atoms with Crippen LogP contribution in [0.4, 0.5) is 0 Å². The molecule has 0 unspecified atom stereocenters. The molecule has 0 aliphatic carbocycles. The number of hydrogen-bond donors (Lipinski definition) is 0. The van der Waals surface area contributed by atoms with Crippen LogP contribution >= 0.6 is 0 Å². The van der Waals surface area contributed by atoms with Gasteiger partial charge >= 0.3 is 0 Å². The molecule has 0 spiro atoms. The molecule has 0 aliphatic rings. The molecular weight excluding hydrogens is 721 g/mol. The molecule has 0 fully saturated rings. The molecule has 0 saturated heterocycles. The van der Waals surface area contributed by atoms with Gasteiger partial charge in [0.2, 0.25) is 5.89 Å². The average Bonchev–Trinajstić information content (AvgIpc) is 3.84. The van der Waals surface area contributed by atoms with E-state index < -0.39 is 77.6 Å². The van der Waals surface area contributed by atoms with Crippen LogP contribution in [0.25, 0.3) is 112 Å². The Kier molecular flexibility index (Phi) is 6.03. The van der Waals surface area contributed by atoms with Crippen LogP contribution in [0.15, 0.2) is 210 Å². The molecule has 0 bridgehead atoms. The Bertz CT molecular complexity index is 3930. The van der Waals surface area contributed by atoms with Gasteiger partial charge in [-0.1, -0.05) is 164 Å². The number of benzene rings is 9. The average molecular weight is 766 g/mol. The molecule has 59 heavy (non-hydrogen) atoms. The van der Waals surface area contributed by atoms with E-state index in [0.29, 0.717) is 33.7 Å². The van der Waals surface area contributed by atoms with Crippen molar-refractivity contribution in [2.45, 2.75) is 0 Å². The lowest BCUT2D eigenvalue weighted by Gasteiger charge is -2.14. The molecular formula is C54H34N4O. The third kappa shape index (κ3) is 6.41. The molecule has 5 nitrogen and oxygen atoms in total. The van der Waals surface area contributed by atoms with Gasteiger partial charge < -0.3 is 4.42 Å². The van der Waals surface area contributed by atoms with Gasteiger partial charge in [-0.05, 0) is 97.3 Å². The highest BCUT2D eigenvalue weighted by Gasteiger charge is 2.18. The third-order valence-electron chi connectivity index (χ3n) is 10.1. The van der Waals surface area contributed by atoms with E-state index in [4.69, 9.17) is 31.7 Å². The monoisotopic (exact) mass is 765 g/mol. The Morgan fingerprint density at radius 3 is 1.69 bits per heavy atom. The summed E-state index contributed by atoms with van der Waals surface area (Å²) in [7, 11) is 0. The summed E-state index contributed by atoms with van der Waals surface area (Å²) < 4.78 is 104. The van der Waals surface area contributed by atoms with Gasteiger partial charge in [0.25, 0.3) is 0 Å². The third-order valence-corrected chi connectivity index (χ3v) is 10.1. The van der Waals surface area contributed by atoms with Gasteiger partial charge in [0, 0.05) is 22.3 Å². The van der Waals surface area contributed by atoms with Gasteiger partial charge in [0.05, 0.1) is 15.1 Å². The minimum absolute atomic E-state index is 0.0965. The van der Waals surface area contributed by atoms with E-state index in [2.05, 4.69) is 41.4 Å². The largest absolute Gasteiger partial charge is 0.436 e. The van der Waals surface area contributed by atoms with Crippen LogP contribution in [0.2, 0.25) is 0 Å². The lowest BCUT2D eigenvalue weighted by Crippen LogP contribution is -2.01. The predicted molar refractivity (Wildman–Crippen MR) is 240 cm³/mol. The summed E-state index contributed by atoms with van der Waals surface area (Å²) in [6, 6.07) is 37.3. The van der Waals surface area contributed by atoms with Crippen LogP contribution in [-0.4, -0.2) is 19.9 Å². The normalized spacial score (nSPS) is 14.0. The Balaban J connectivity index is 1.18. The zero-order chi connectivity index (χ0) is 48.7. The smallest absolute Gasteiger partial charge is 0.227 e. The summed E-state index contributed by atoms with van der Waals surface area (Å²) in [4.78, 5) is 19.5. The maximum Gasteiger partial charge on any atom is 0.227 e. The molecule has 276 valence electrons. The molecule has 5 heteroatoms. The lowest BCUT2D eigenvalue weighted by atomic mass is 9.91. The first kappa shape index (κ1) is 24.6. The number of aromatic nitrogens is 4. The highest BCUT2D eigenvalue weighted by atomic mass is 16.3. The SMILES string of the molecule is [2H]c1c([2H])c([2H])c(-c2c([2H])c(-c3nc(-c4cccc(-c5nc6ccccc6o5)c4)nc(-c4cccc(-c5ccc(-c6ccccc6)c6ccccc56)c4)n3)c([2H])c3c([2H])c([2H])c([2H])c([2H])c23)c([2H])c1[2H]. The van der Waals surface area contributed by atoms with Crippen LogP contribution in [0.3, 0.4) is 0 Å². The first-order valence-electron chi connectivity index (χ1n) is 24.3. The summed E-state index contributed by atoms with van der Waals surface area (Å²) in [5.41, 5.74) is 5.55. The van der Waals surface area contributed by atoms with Crippen molar-refractivity contribution in [3.63, 3.8) is 0 Å². The molecule has 0 aliphatic heterocycles. The summed E-state index contributed by atoms with van der Waals surface area (Å²) in [5, 5.41) is 1.35. The minimum Gasteiger partial charge on any atom is -0.436 e. The Morgan fingerprint density at radius 1 is 0.373 bits per heavy atom. The van der Waals surface area contributed by atoms with Gasteiger partial charge in [-0.2, -0.15) is 0 Å². The summed E-state index contributed by atoms with van der Waals surface area (Å²) in [6.07, 6.45) is 0. The molecule has 11 rings (SSSR count). The van der Waals surface area contributed by atoms with Crippen LogP contribution in [0.1, 0.15) is 15.1 Å². The first-order chi connectivity index (χ1) is 33.8. The fourth-order valence-corrected chi connectivity index (χ4v) is 7.39. The zero-order valence-electron chi connectivity index (χ0n) is 42.0. The number of fused-ring (bicyclic) bond motifs is 3. The number of rotatable bonds is 7. The fraction of sp³-hybridized carbons (Fsp3) is 0. The van der Waals surface area contributed by atoms with Crippen molar-refractivity contribution >= 4 is 32.6 Å². The lowest BCUT2D eigenvalue weighted by molar-refractivity contribution is 0.620. The Labute approximate surface area is 356 Å². The number of nitrogens with zero attached hydrogens (tertiary/aromatic N) is 4. The highest BCUT2D eigenvalue weighted by Crippen LogP contribution is 2.38. The maximum absolute atomic E-state index is 9.85. The Morgan fingerprint density at radius 2 is 0.949 bits per heavy atom. The van der Waals surface area contributed by atoms with E-state index in [1.807, 2.05) is 84.9 Å². The maximum atomic E-state index is 9.85. The van der Waals surface area contributed by atoms with Crippen molar-refractivity contribution in [2.75, 3.05) is 0 Å². The molecule has 0 radical (unpaired) electrons. The Hall–Kier alpha value is -8.02. The standard InChI is InChI=1S/C54H34N4O/c1-3-15-35(16-4-1)44-29-30-45(47-26-10-9-25-46(44)47)38-20-13-21-39(31-38)51-56-52(40-22-14-23-41(33-40)54-55-49-27-11-12-28-50(49)59-54)58-53(57-51)42-32-37-19-7-8-24-43(37)48(34-42)36-17-5-2-6-18-36/h1-34H/i2D,5D,6D,7D,8D,17D,18D,19D,24D,32D,34D. The van der Waals surface area contributed by atoms with E-state index in [1.54, 1.807) is 18.2 Å². The van der Waals surface area contributed by atoms with E-state index in [9.17, 15) is 2.74 Å². The molecule has 0 amide bonds. The van der Waals surface area contributed by atoms with Crippen molar-refractivity contribution in [2.24, 2.45) is 0 Å². The molecule has 0 saturated carbocycles. The molecule has 0 atom stereocenters. The second-order valence-electron chi connectivity index (χ2n) is 13.8. The van der Waals surface area contributed by atoms with E-state index in [0.717, 1.165) is 33.0 Å². The van der Waals surface area contributed by atoms with Crippen LogP contribution in [0.5, 0.6) is 0 Å². The quantitative estimate of drug-likeness (QED) is 0.162. The molecule has 2 heterocycles. The number of para-hydroxylation sites is 2. The van der Waals surface area contributed by atoms with Crippen molar-refractivity contribution in [3.05, 3.63) is 206 Å². The van der Waals surface area contributed by atoms with Gasteiger partial charge in [-0.15, -0.1) is 0 Å². The van der Waals surface area contributed by atoms with E-state index in [-0.39, 0.29) is 33.8 Å². The van der Waals surface area contributed by atoms with E-state index >= 15 is 0 Å². The molecule has 9 aromatic carbocycles. The topological polar surface area (TPSA) is 64.7 Å². The van der Waals surface area contributed by atoms with Crippen LogP contribution in [-0.2, 0) is 0 Å². The van der Waals surface area contributed by atoms with E-state index in [1.165, 1.54) is 0 Å². The van der Waals surface area contributed by atoms with Gasteiger partial charge in [-0.3, -0.25) is 0 Å². The number of hydrogen-bond acceptors (Lipinski definition) is 5. The molecule has 11 aromatic rings. The fourth-order valence-electron chi connectivity index (χ4n) is 7.39. The van der Waals surface area contributed by atoms with Gasteiger partial charge in [0.15, 0.2) is 23.1 Å². The van der Waals surface area contributed by atoms with Crippen molar-refractivity contribution < 1.29 is 19.5 Å². The number of oxazole rings is 1. The molecule has 0 N–H and O–H groups in total. The predicted octanol–water partition coefficient (Wildman–Crippen LogP) is 14.0. The van der Waals surface area contributed by atoms with Gasteiger partial charge in [0.1, 0.15) is 5.52 Å². The first-order valence-corrected chi connectivity index (χ1v) is 18.8. The van der Waals surface area contributed by atoms with Crippen molar-refractivity contribution in [3.8, 4) is 79.0 Å². The van der Waals surface area contributed by atoms with Crippen LogP contribution in [0, 0.1) is 0 Å². The molecule has 2 aromatic heterocycles. The zero-order valence-corrected chi connectivity index (χ0v) is 31.0. The van der Waals surface area contributed by atoms with Crippen LogP contribution < -0.4 is 0 Å². The van der Waals surface area contributed by atoms with Gasteiger partial charge in [-0.25, -0.2) is 19.9 Å². The summed E-state index contributed by atoms with van der Waals surface area (Å²) >= 11 is 0. The summed E-state index contributed by atoms with van der Waals surface area (Å²) in [5.74, 6) is 0.314. The summed E-state index contributed by atoms with van der Waals surface area (Å²) in [6.45, 7) is 0. The van der Waals surface area contributed by atoms with Crippen molar-refractivity contribution in [1.29, 1.82) is 0 Å². The minimum atomic E-state index is -0.716. The van der Waals surface area contributed by atoms with Crippen molar-refractivity contribution in [1.82, 2.24) is 19.9 Å².